The van der Waals surface area contributed by atoms with Crippen LogP contribution in [0, 0.1) is 0 Å². The number of rotatable bonds is 2. The lowest BCUT2D eigenvalue weighted by molar-refractivity contribution is -0.203. The molecule has 0 N–H and O–H groups in total. The second-order valence-corrected chi connectivity index (χ2v) is 7.53. The first kappa shape index (κ1) is 12.6. The fourth-order valence-corrected chi connectivity index (χ4v) is 3.59. The number of hydrogen-bond donors (Lipinski definition) is 0. The van der Waals surface area contributed by atoms with Crippen molar-refractivity contribution in [1.82, 2.24) is 0 Å². The van der Waals surface area contributed by atoms with Gasteiger partial charge in [-0.15, -0.1) is 0 Å². The van der Waals surface area contributed by atoms with E-state index in [1.165, 1.54) is 6.42 Å². The zero-order valence-corrected chi connectivity index (χ0v) is 10.7. The molecule has 0 bridgehead atoms. The predicted octanol–water partition coefficient (Wildman–Crippen LogP) is 1.67. The Morgan fingerprint density at radius 2 is 1.94 bits per heavy atom. The third kappa shape index (κ3) is 3.32. The second kappa shape index (κ2) is 4.80. The third-order valence-electron chi connectivity index (χ3n) is 3.24. The van der Waals surface area contributed by atoms with Gasteiger partial charge in [0, 0.05) is 10.7 Å². The Kier molecular flexibility index (Phi) is 3.79. The number of halogens is 1. The summed E-state index contributed by atoms with van der Waals surface area (Å²) in [6.45, 7) is 0.916. The van der Waals surface area contributed by atoms with E-state index in [1.807, 2.05) is 0 Å². The van der Waals surface area contributed by atoms with Gasteiger partial charge in [-0.2, -0.15) is 0 Å². The van der Waals surface area contributed by atoms with Gasteiger partial charge in [0.05, 0.1) is 30.7 Å². The number of ether oxygens (including phenoxy) is 2. The Labute approximate surface area is 101 Å². The molecule has 1 atom stereocenters. The van der Waals surface area contributed by atoms with Crippen molar-refractivity contribution in [2.75, 3.05) is 19.0 Å². The van der Waals surface area contributed by atoms with E-state index in [-0.39, 0.29) is 11.4 Å². The van der Waals surface area contributed by atoms with E-state index in [2.05, 4.69) is 0 Å². The van der Waals surface area contributed by atoms with Crippen LogP contribution in [0.2, 0.25) is 0 Å². The smallest absolute Gasteiger partial charge is 0.235 e. The highest BCUT2D eigenvalue weighted by Gasteiger charge is 2.40. The van der Waals surface area contributed by atoms with Gasteiger partial charge in [0.1, 0.15) is 0 Å². The van der Waals surface area contributed by atoms with Crippen LogP contribution < -0.4 is 0 Å². The molecule has 6 heteroatoms. The second-order valence-electron chi connectivity index (χ2n) is 4.70. The maximum absolute atomic E-state index is 11.0. The first-order chi connectivity index (χ1) is 7.49. The first-order valence-electron chi connectivity index (χ1n) is 5.67. The molecule has 4 nitrogen and oxygen atoms in total. The molecule has 1 heterocycles. The van der Waals surface area contributed by atoms with Gasteiger partial charge >= 0.3 is 0 Å². The average molecular weight is 269 g/mol. The van der Waals surface area contributed by atoms with Gasteiger partial charge in [0.15, 0.2) is 0 Å². The summed E-state index contributed by atoms with van der Waals surface area (Å²) in [4.78, 5) is 0. The predicted molar refractivity (Wildman–Crippen MR) is 61.1 cm³/mol. The summed E-state index contributed by atoms with van der Waals surface area (Å²) in [7, 11) is 1.72. The van der Waals surface area contributed by atoms with E-state index in [0.29, 0.717) is 13.2 Å². The van der Waals surface area contributed by atoms with E-state index in [0.717, 1.165) is 25.7 Å². The normalized spacial score (nSPS) is 30.4. The molecular formula is C10H17ClO4S. The van der Waals surface area contributed by atoms with Crippen molar-refractivity contribution >= 4 is 19.7 Å². The number of hydrogen-bond acceptors (Lipinski definition) is 4. The van der Waals surface area contributed by atoms with Crippen LogP contribution in [-0.4, -0.2) is 39.1 Å². The van der Waals surface area contributed by atoms with Crippen LogP contribution in [-0.2, 0) is 18.5 Å². The maximum atomic E-state index is 11.0. The van der Waals surface area contributed by atoms with Gasteiger partial charge in [-0.3, -0.25) is 0 Å². The van der Waals surface area contributed by atoms with Crippen LogP contribution in [0.15, 0.2) is 0 Å². The molecule has 1 spiro atoms. The lowest BCUT2D eigenvalue weighted by atomic mass is 9.84. The highest BCUT2D eigenvalue weighted by molar-refractivity contribution is 8.13. The molecule has 1 aliphatic heterocycles. The van der Waals surface area contributed by atoms with Crippen molar-refractivity contribution < 1.29 is 17.9 Å². The molecule has 2 rings (SSSR count). The zero-order valence-electron chi connectivity index (χ0n) is 9.15. The van der Waals surface area contributed by atoms with Gasteiger partial charge in [-0.1, -0.05) is 19.3 Å². The first-order valence-corrected chi connectivity index (χ1v) is 8.15. The van der Waals surface area contributed by atoms with E-state index >= 15 is 0 Å². The lowest BCUT2D eigenvalue weighted by Crippen LogP contribution is -2.50. The van der Waals surface area contributed by atoms with Crippen LogP contribution in [0.1, 0.15) is 32.1 Å². The average Bonchev–Trinajstić information content (AvgIpc) is 2.16. The third-order valence-corrected chi connectivity index (χ3v) is 4.38. The summed E-state index contributed by atoms with van der Waals surface area (Å²) in [6.07, 6.45) is 5.00. The Morgan fingerprint density at radius 3 is 2.56 bits per heavy atom. The van der Waals surface area contributed by atoms with Crippen molar-refractivity contribution in [2.24, 2.45) is 0 Å². The molecule has 1 unspecified atom stereocenters. The molecule has 0 aromatic carbocycles. The van der Waals surface area contributed by atoms with Gasteiger partial charge in [0.2, 0.25) is 9.05 Å². The van der Waals surface area contributed by atoms with Crippen LogP contribution in [0.4, 0.5) is 0 Å². The summed E-state index contributed by atoms with van der Waals surface area (Å²) in [5, 5.41) is 0. The molecule has 0 radical (unpaired) electrons. The van der Waals surface area contributed by atoms with Gasteiger partial charge in [0.25, 0.3) is 0 Å². The fourth-order valence-electron chi connectivity index (χ4n) is 2.56. The van der Waals surface area contributed by atoms with Crippen molar-refractivity contribution in [1.29, 1.82) is 0 Å². The summed E-state index contributed by atoms with van der Waals surface area (Å²) in [5.41, 5.74) is -0.247. The highest BCUT2D eigenvalue weighted by Crippen LogP contribution is 2.35. The van der Waals surface area contributed by atoms with E-state index in [1.54, 1.807) is 0 Å². The van der Waals surface area contributed by atoms with Crippen molar-refractivity contribution in [3.63, 3.8) is 0 Å². The molecule has 2 aliphatic rings. The van der Waals surface area contributed by atoms with E-state index in [9.17, 15) is 8.42 Å². The van der Waals surface area contributed by atoms with E-state index < -0.39 is 15.2 Å². The molecule has 94 valence electrons. The fraction of sp³-hybridized carbons (Fsp3) is 1.00. The molecule has 1 saturated heterocycles. The molecule has 1 saturated carbocycles. The minimum absolute atomic E-state index is 0.156. The zero-order chi connectivity index (χ0) is 11.6. The lowest BCUT2D eigenvalue weighted by Gasteiger charge is -2.43. The SMILES string of the molecule is O=S(=O)(Cl)CC1COCC2(CCCCC2)O1. The van der Waals surface area contributed by atoms with Crippen LogP contribution in [0.3, 0.4) is 0 Å². The van der Waals surface area contributed by atoms with Gasteiger partial charge < -0.3 is 9.47 Å². The van der Waals surface area contributed by atoms with Crippen molar-refractivity contribution in [3.8, 4) is 0 Å². The minimum Gasteiger partial charge on any atom is -0.376 e. The Bertz CT molecular complexity index is 329. The Hall–Kier alpha value is 0.160. The molecular weight excluding hydrogens is 252 g/mol. The van der Waals surface area contributed by atoms with Crippen LogP contribution in [0.5, 0.6) is 0 Å². The molecule has 0 aromatic heterocycles. The Morgan fingerprint density at radius 1 is 1.25 bits per heavy atom. The quantitative estimate of drug-likeness (QED) is 0.715. The van der Waals surface area contributed by atoms with Crippen molar-refractivity contribution in [2.45, 2.75) is 43.8 Å². The topological polar surface area (TPSA) is 52.6 Å². The minimum atomic E-state index is -3.51. The standard InChI is InChI=1S/C10H17ClO4S/c11-16(12,13)7-9-6-14-8-10(15-9)4-2-1-3-5-10/h9H,1-8H2. The van der Waals surface area contributed by atoms with Crippen molar-refractivity contribution in [3.05, 3.63) is 0 Å². The van der Waals surface area contributed by atoms with Crippen LogP contribution >= 0.6 is 10.7 Å². The van der Waals surface area contributed by atoms with Gasteiger partial charge in [-0.25, -0.2) is 8.42 Å². The molecule has 16 heavy (non-hydrogen) atoms. The summed E-state index contributed by atoms with van der Waals surface area (Å²) in [6, 6.07) is 0. The van der Waals surface area contributed by atoms with Gasteiger partial charge in [-0.05, 0) is 12.8 Å². The molecule has 0 aromatic rings. The molecule has 2 fully saturated rings. The summed E-state index contributed by atoms with van der Waals surface area (Å²) < 4.78 is 33.4. The Balaban J connectivity index is 1.98. The van der Waals surface area contributed by atoms with E-state index in [4.69, 9.17) is 20.2 Å². The monoisotopic (exact) mass is 268 g/mol. The molecule has 1 aliphatic carbocycles. The summed E-state index contributed by atoms with van der Waals surface area (Å²) >= 11 is 0. The summed E-state index contributed by atoms with van der Waals surface area (Å²) in [5.74, 6) is -0.156. The highest BCUT2D eigenvalue weighted by atomic mass is 35.7. The largest absolute Gasteiger partial charge is 0.376 e. The molecule has 0 amide bonds. The maximum Gasteiger partial charge on any atom is 0.235 e. The van der Waals surface area contributed by atoms with Crippen LogP contribution in [0.25, 0.3) is 0 Å².